The van der Waals surface area contributed by atoms with E-state index in [1.54, 1.807) is 6.07 Å². The first kappa shape index (κ1) is 12.3. The number of fused-ring (bicyclic) bond motifs is 1. The Kier molecular flexibility index (Phi) is 3.22. The molecule has 2 fully saturated rings. The van der Waals surface area contributed by atoms with Crippen LogP contribution in [0.1, 0.15) is 31.0 Å². The molecule has 1 amide bonds. The molecule has 0 bridgehead atoms. The van der Waals surface area contributed by atoms with Gasteiger partial charge < -0.3 is 5.32 Å². The molecule has 0 spiro atoms. The fourth-order valence-corrected chi connectivity index (χ4v) is 3.26. The van der Waals surface area contributed by atoms with Crippen molar-refractivity contribution in [3.8, 4) is 0 Å². The number of carbonyl (C=O) groups is 1. The Morgan fingerprint density at radius 3 is 2.94 bits per heavy atom. The van der Waals surface area contributed by atoms with E-state index >= 15 is 0 Å². The highest BCUT2D eigenvalue weighted by Gasteiger charge is 2.42. The Morgan fingerprint density at radius 2 is 2.11 bits per heavy atom. The minimum absolute atomic E-state index is 0.00111. The standard InChI is InChI=1S/C13H14Cl2N2O/c14-9-5-3-4-8(11(9)15)12-16-13(18)10-6-1-2-7-17(10)12/h3-5,10,12H,1-2,6-7H2,(H,16,18). The summed E-state index contributed by atoms with van der Waals surface area (Å²) >= 11 is 12.3. The predicted molar refractivity (Wildman–Crippen MR) is 71.7 cm³/mol. The molecule has 1 aromatic carbocycles. The largest absolute Gasteiger partial charge is 0.335 e. The molecular weight excluding hydrogens is 271 g/mol. The van der Waals surface area contributed by atoms with Crippen molar-refractivity contribution in [2.45, 2.75) is 31.5 Å². The quantitative estimate of drug-likeness (QED) is 0.860. The number of amides is 1. The summed E-state index contributed by atoms with van der Waals surface area (Å²) in [6, 6.07) is 5.56. The van der Waals surface area contributed by atoms with Gasteiger partial charge in [0.25, 0.3) is 0 Å². The fraction of sp³-hybridized carbons (Fsp3) is 0.462. The van der Waals surface area contributed by atoms with Gasteiger partial charge in [-0.25, -0.2) is 0 Å². The first-order chi connectivity index (χ1) is 8.68. The van der Waals surface area contributed by atoms with E-state index in [-0.39, 0.29) is 18.1 Å². The van der Waals surface area contributed by atoms with E-state index in [2.05, 4.69) is 10.2 Å². The maximum absolute atomic E-state index is 12.0. The van der Waals surface area contributed by atoms with E-state index in [1.165, 1.54) is 0 Å². The molecule has 2 aliphatic heterocycles. The van der Waals surface area contributed by atoms with Crippen LogP contribution in [0.4, 0.5) is 0 Å². The van der Waals surface area contributed by atoms with Crippen molar-refractivity contribution in [2.24, 2.45) is 0 Å². The van der Waals surface area contributed by atoms with Crippen molar-refractivity contribution in [2.75, 3.05) is 6.54 Å². The molecule has 3 nitrogen and oxygen atoms in total. The number of hydrogen-bond donors (Lipinski definition) is 1. The summed E-state index contributed by atoms with van der Waals surface area (Å²) in [6.07, 6.45) is 3.04. The molecule has 1 aromatic rings. The lowest BCUT2D eigenvalue weighted by Gasteiger charge is -2.31. The van der Waals surface area contributed by atoms with Gasteiger partial charge in [-0.15, -0.1) is 0 Å². The molecule has 18 heavy (non-hydrogen) atoms. The number of nitrogens with one attached hydrogen (secondary N) is 1. The number of hydrogen-bond acceptors (Lipinski definition) is 2. The van der Waals surface area contributed by atoms with Crippen molar-refractivity contribution in [1.29, 1.82) is 0 Å². The van der Waals surface area contributed by atoms with Crippen LogP contribution >= 0.6 is 23.2 Å². The smallest absolute Gasteiger partial charge is 0.238 e. The molecule has 0 aromatic heterocycles. The third-order valence-corrected chi connectivity index (χ3v) is 4.57. The lowest BCUT2D eigenvalue weighted by atomic mass is 10.0. The second kappa shape index (κ2) is 4.72. The van der Waals surface area contributed by atoms with Crippen LogP contribution in [0, 0.1) is 0 Å². The number of rotatable bonds is 1. The van der Waals surface area contributed by atoms with E-state index < -0.39 is 0 Å². The van der Waals surface area contributed by atoms with Crippen molar-refractivity contribution in [3.63, 3.8) is 0 Å². The number of piperidine rings is 1. The minimum atomic E-state index is -0.131. The zero-order valence-corrected chi connectivity index (χ0v) is 11.3. The molecular formula is C13H14Cl2N2O. The summed E-state index contributed by atoms with van der Waals surface area (Å²) in [5.41, 5.74) is 0.891. The molecule has 2 saturated heterocycles. The van der Waals surface area contributed by atoms with Crippen LogP contribution < -0.4 is 5.32 Å². The van der Waals surface area contributed by atoms with Gasteiger partial charge in [0, 0.05) is 12.1 Å². The molecule has 0 aliphatic carbocycles. The van der Waals surface area contributed by atoms with Crippen LogP contribution in [-0.4, -0.2) is 23.4 Å². The number of benzene rings is 1. The monoisotopic (exact) mass is 284 g/mol. The molecule has 2 aliphatic rings. The third-order valence-electron chi connectivity index (χ3n) is 3.73. The average Bonchev–Trinajstić information content (AvgIpc) is 2.71. The van der Waals surface area contributed by atoms with Gasteiger partial charge >= 0.3 is 0 Å². The maximum atomic E-state index is 12.0. The second-order valence-corrected chi connectivity index (χ2v) is 5.59. The van der Waals surface area contributed by atoms with Crippen LogP contribution in [0.3, 0.4) is 0 Å². The summed E-state index contributed by atoms with van der Waals surface area (Å²) < 4.78 is 0. The van der Waals surface area contributed by atoms with Gasteiger partial charge in [-0.2, -0.15) is 0 Å². The van der Waals surface area contributed by atoms with E-state index in [0.717, 1.165) is 31.4 Å². The Balaban J connectivity index is 1.97. The van der Waals surface area contributed by atoms with Crippen LogP contribution in [0.25, 0.3) is 0 Å². The molecule has 5 heteroatoms. The molecule has 0 saturated carbocycles. The van der Waals surface area contributed by atoms with Gasteiger partial charge in [0.1, 0.15) is 6.17 Å². The Bertz CT molecular complexity index is 492. The molecule has 2 atom stereocenters. The summed E-state index contributed by atoms with van der Waals surface area (Å²) in [6.45, 7) is 0.927. The zero-order chi connectivity index (χ0) is 12.7. The molecule has 1 N–H and O–H groups in total. The lowest BCUT2D eigenvalue weighted by Crippen LogP contribution is -2.38. The lowest BCUT2D eigenvalue weighted by molar-refractivity contribution is -0.122. The predicted octanol–water partition coefficient (Wildman–Crippen LogP) is 2.98. The van der Waals surface area contributed by atoms with Crippen molar-refractivity contribution in [3.05, 3.63) is 33.8 Å². The molecule has 3 rings (SSSR count). The number of carbonyl (C=O) groups excluding carboxylic acids is 1. The zero-order valence-electron chi connectivity index (χ0n) is 9.83. The van der Waals surface area contributed by atoms with Crippen LogP contribution in [-0.2, 0) is 4.79 Å². The summed E-state index contributed by atoms with van der Waals surface area (Å²) in [5, 5.41) is 4.09. The first-order valence-electron chi connectivity index (χ1n) is 6.18. The van der Waals surface area contributed by atoms with E-state index in [0.29, 0.717) is 10.0 Å². The van der Waals surface area contributed by atoms with Gasteiger partial charge in [-0.3, -0.25) is 9.69 Å². The molecule has 2 heterocycles. The summed E-state index contributed by atoms with van der Waals surface area (Å²) in [7, 11) is 0. The maximum Gasteiger partial charge on any atom is 0.238 e. The Labute approximate surface area is 116 Å². The van der Waals surface area contributed by atoms with E-state index in [1.807, 2.05) is 12.1 Å². The minimum Gasteiger partial charge on any atom is -0.335 e. The van der Waals surface area contributed by atoms with Crippen LogP contribution in [0.5, 0.6) is 0 Å². The molecule has 96 valence electrons. The highest BCUT2D eigenvalue weighted by molar-refractivity contribution is 6.42. The van der Waals surface area contributed by atoms with E-state index in [9.17, 15) is 4.79 Å². The van der Waals surface area contributed by atoms with Gasteiger partial charge in [-0.1, -0.05) is 41.8 Å². The molecule has 0 radical (unpaired) electrons. The van der Waals surface area contributed by atoms with Gasteiger partial charge in [0.2, 0.25) is 5.91 Å². The average molecular weight is 285 g/mol. The van der Waals surface area contributed by atoms with Crippen LogP contribution in [0.2, 0.25) is 10.0 Å². The molecule has 2 unspecified atom stereocenters. The number of halogens is 2. The highest BCUT2D eigenvalue weighted by atomic mass is 35.5. The van der Waals surface area contributed by atoms with Crippen LogP contribution in [0.15, 0.2) is 18.2 Å². The van der Waals surface area contributed by atoms with Crippen molar-refractivity contribution >= 4 is 29.1 Å². The summed E-state index contributed by atoms with van der Waals surface area (Å²) in [4.78, 5) is 14.2. The Hall–Kier alpha value is -0.770. The van der Waals surface area contributed by atoms with Gasteiger partial charge in [0.15, 0.2) is 0 Å². The topological polar surface area (TPSA) is 32.3 Å². The normalized spacial score (nSPS) is 28.0. The van der Waals surface area contributed by atoms with E-state index in [4.69, 9.17) is 23.2 Å². The van der Waals surface area contributed by atoms with Crippen molar-refractivity contribution in [1.82, 2.24) is 10.2 Å². The second-order valence-electron chi connectivity index (χ2n) is 4.80. The Morgan fingerprint density at radius 1 is 1.28 bits per heavy atom. The SMILES string of the molecule is O=C1NC(c2cccc(Cl)c2Cl)N2CCCCC12. The fourth-order valence-electron chi connectivity index (χ4n) is 2.85. The number of nitrogens with zero attached hydrogens (tertiary/aromatic N) is 1. The van der Waals surface area contributed by atoms with Gasteiger partial charge in [-0.05, 0) is 18.9 Å². The highest BCUT2D eigenvalue weighted by Crippen LogP contribution is 2.37. The first-order valence-corrected chi connectivity index (χ1v) is 6.94. The van der Waals surface area contributed by atoms with Crippen molar-refractivity contribution < 1.29 is 4.79 Å². The van der Waals surface area contributed by atoms with Gasteiger partial charge in [0.05, 0.1) is 16.1 Å². The summed E-state index contributed by atoms with van der Waals surface area (Å²) in [5.74, 6) is 0.107. The third kappa shape index (κ3) is 1.91.